The van der Waals surface area contributed by atoms with Crippen LogP contribution in [0, 0.1) is 0 Å². The molecule has 1 aliphatic heterocycles. The van der Waals surface area contributed by atoms with Crippen LogP contribution in [-0.4, -0.2) is 0 Å². The average Bonchev–Trinajstić information content (AvgIpc) is 2.82. The molecule has 0 amide bonds. The van der Waals surface area contributed by atoms with Gasteiger partial charge in [0.2, 0.25) is 0 Å². The smallest absolute Gasteiger partial charge is 0.124 e. The minimum Gasteiger partial charge on any atom is -0.347 e. The minimum atomic E-state index is 1.37. The lowest BCUT2D eigenvalue weighted by Crippen LogP contribution is -1.81. The van der Waals surface area contributed by atoms with Gasteiger partial charge in [0.1, 0.15) is 6.26 Å². The van der Waals surface area contributed by atoms with Crippen molar-refractivity contribution in [2.45, 2.75) is 90.9 Å². The molecule has 122 valence electrons. The molecule has 0 aromatic rings. The summed E-state index contributed by atoms with van der Waals surface area (Å²) in [6, 6.07) is 0. The van der Waals surface area contributed by atoms with Crippen molar-refractivity contribution in [1.29, 1.82) is 0 Å². The van der Waals surface area contributed by atoms with Crippen molar-refractivity contribution in [1.82, 2.24) is 0 Å². The molecule has 21 heavy (non-hydrogen) atoms. The first-order valence-electron chi connectivity index (χ1n) is 8.79. The zero-order valence-electron chi connectivity index (χ0n) is 14.1. The van der Waals surface area contributed by atoms with Gasteiger partial charge in [-0.25, -0.2) is 0 Å². The number of allylic oxidation sites excluding steroid dienone is 2. The average molecular weight is 294 g/mol. The SMILES string of the molecule is C1=CN=NOC=C1.CCCCCCCCCCCCCC. The van der Waals surface area contributed by atoms with Gasteiger partial charge in [-0.15, -0.1) is 5.11 Å². The summed E-state index contributed by atoms with van der Waals surface area (Å²) in [6.45, 7) is 4.57. The number of unbranched alkanes of at least 4 members (excludes halogenated alkanes) is 11. The third-order valence-corrected chi connectivity index (χ3v) is 3.45. The molecule has 3 heteroatoms. The van der Waals surface area contributed by atoms with E-state index in [1.807, 2.05) is 0 Å². The van der Waals surface area contributed by atoms with Gasteiger partial charge in [0.05, 0.1) is 6.20 Å². The Labute approximate surface area is 131 Å². The summed E-state index contributed by atoms with van der Waals surface area (Å²) in [7, 11) is 0. The molecule has 0 aromatic heterocycles. The fourth-order valence-electron chi connectivity index (χ4n) is 2.16. The number of rotatable bonds is 11. The molecule has 0 saturated carbocycles. The van der Waals surface area contributed by atoms with Crippen LogP contribution in [0.1, 0.15) is 90.9 Å². The van der Waals surface area contributed by atoms with Crippen molar-refractivity contribution in [3.63, 3.8) is 0 Å². The van der Waals surface area contributed by atoms with Crippen LogP contribution in [0.3, 0.4) is 0 Å². The second kappa shape index (κ2) is 18.9. The third-order valence-electron chi connectivity index (χ3n) is 3.45. The maximum atomic E-state index is 4.41. The predicted octanol–water partition coefficient (Wildman–Crippen LogP) is 7.12. The normalized spacial score (nSPS) is 12.5. The Morgan fingerprint density at radius 3 is 1.62 bits per heavy atom. The van der Waals surface area contributed by atoms with Gasteiger partial charge in [-0.1, -0.05) is 90.9 Å². The molecule has 1 heterocycles. The van der Waals surface area contributed by atoms with Crippen molar-refractivity contribution in [3.8, 4) is 0 Å². The number of nitrogens with zero attached hydrogens (tertiary/aromatic N) is 2. The second-order valence-corrected chi connectivity index (χ2v) is 5.51. The number of hydrogen-bond acceptors (Lipinski definition) is 3. The maximum Gasteiger partial charge on any atom is 0.124 e. The van der Waals surface area contributed by atoms with Crippen LogP contribution in [0.25, 0.3) is 0 Å². The molecule has 0 aromatic carbocycles. The summed E-state index contributed by atoms with van der Waals surface area (Å²) in [4.78, 5) is 4.41. The molecule has 3 nitrogen and oxygen atoms in total. The van der Waals surface area contributed by atoms with E-state index in [1.54, 1.807) is 18.4 Å². The van der Waals surface area contributed by atoms with Gasteiger partial charge in [0.15, 0.2) is 0 Å². The van der Waals surface area contributed by atoms with E-state index in [-0.39, 0.29) is 0 Å². The molecule has 1 rings (SSSR count). The Bertz CT molecular complexity index is 246. The zero-order chi connectivity index (χ0) is 15.4. The molecule has 0 N–H and O–H groups in total. The molecule has 0 atom stereocenters. The largest absolute Gasteiger partial charge is 0.347 e. The molecule has 0 spiro atoms. The summed E-state index contributed by atoms with van der Waals surface area (Å²) in [6.07, 6.45) is 23.9. The van der Waals surface area contributed by atoms with Crippen molar-refractivity contribution in [2.75, 3.05) is 0 Å². The molecule has 0 aliphatic carbocycles. The molecule has 0 radical (unpaired) electrons. The maximum absolute atomic E-state index is 4.41. The van der Waals surface area contributed by atoms with E-state index in [0.29, 0.717) is 0 Å². The van der Waals surface area contributed by atoms with Crippen LogP contribution in [-0.2, 0) is 4.84 Å². The topological polar surface area (TPSA) is 34.0 Å². The summed E-state index contributed by atoms with van der Waals surface area (Å²) in [5.74, 6) is 0. The lowest BCUT2D eigenvalue weighted by atomic mass is 10.1. The fourth-order valence-corrected chi connectivity index (χ4v) is 2.16. The molecule has 0 fully saturated rings. The number of hydrogen-bond donors (Lipinski definition) is 0. The highest BCUT2D eigenvalue weighted by Gasteiger charge is 1.91. The van der Waals surface area contributed by atoms with Gasteiger partial charge in [-0.05, 0) is 12.2 Å². The highest BCUT2D eigenvalue weighted by Crippen LogP contribution is 2.11. The molecule has 0 saturated heterocycles. The lowest BCUT2D eigenvalue weighted by Gasteiger charge is -2.01. The first kappa shape index (κ1) is 19.9. The van der Waals surface area contributed by atoms with Gasteiger partial charge in [-0.2, -0.15) is 0 Å². The van der Waals surface area contributed by atoms with E-state index in [0.717, 1.165) is 0 Å². The first-order valence-corrected chi connectivity index (χ1v) is 8.79. The van der Waals surface area contributed by atoms with E-state index in [9.17, 15) is 0 Å². The summed E-state index contributed by atoms with van der Waals surface area (Å²) >= 11 is 0. The fraction of sp³-hybridized carbons (Fsp3) is 0.778. The monoisotopic (exact) mass is 294 g/mol. The molecule has 1 aliphatic rings. The van der Waals surface area contributed by atoms with E-state index in [4.69, 9.17) is 0 Å². The Morgan fingerprint density at radius 2 is 1.14 bits per heavy atom. The van der Waals surface area contributed by atoms with Crippen molar-refractivity contribution >= 4 is 0 Å². The molecule has 0 bridgehead atoms. The highest BCUT2D eigenvalue weighted by atomic mass is 16.6. The van der Waals surface area contributed by atoms with Crippen molar-refractivity contribution in [3.05, 3.63) is 24.6 Å². The van der Waals surface area contributed by atoms with E-state index in [2.05, 4.69) is 29.1 Å². The summed E-state index contributed by atoms with van der Waals surface area (Å²) in [5.41, 5.74) is 0. The van der Waals surface area contributed by atoms with Crippen LogP contribution < -0.4 is 0 Å². The highest BCUT2D eigenvalue weighted by molar-refractivity contribution is 4.98. The Balaban J connectivity index is 0.000000471. The Kier molecular flexibility index (Phi) is 17.9. The van der Waals surface area contributed by atoms with E-state index >= 15 is 0 Å². The van der Waals surface area contributed by atoms with Gasteiger partial charge in [0.25, 0.3) is 0 Å². The molecular formula is C18H34N2O. The second-order valence-electron chi connectivity index (χ2n) is 5.51. The van der Waals surface area contributed by atoms with Crippen LogP contribution in [0.2, 0.25) is 0 Å². The first-order chi connectivity index (χ1) is 10.4. The predicted molar refractivity (Wildman–Crippen MR) is 91.0 cm³/mol. The van der Waals surface area contributed by atoms with Crippen LogP contribution >= 0.6 is 0 Å². The van der Waals surface area contributed by atoms with Crippen LogP contribution in [0.4, 0.5) is 0 Å². The third kappa shape index (κ3) is 18.9. The van der Waals surface area contributed by atoms with Crippen molar-refractivity contribution in [2.24, 2.45) is 10.4 Å². The standard InChI is InChI=1S/C14H30.C4H4N2O/c1-3-5-7-9-11-13-14-12-10-8-6-4-2;1-2-4-7-6-5-3-1/h3-14H2,1-2H3;1-4H. The van der Waals surface area contributed by atoms with E-state index in [1.165, 1.54) is 83.3 Å². The van der Waals surface area contributed by atoms with Crippen LogP contribution in [0.5, 0.6) is 0 Å². The quantitative estimate of drug-likeness (QED) is 0.373. The molecule has 0 unspecified atom stereocenters. The molecular weight excluding hydrogens is 260 g/mol. The van der Waals surface area contributed by atoms with Crippen LogP contribution in [0.15, 0.2) is 35.0 Å². The van der Waals surface area contributed by atoms with Gasteiger partial charge in [0, 0.05) is 5.28 Å². The summed E-state index contributed by atoms with van der Waals surface area (Å²) in [5, 5.41) is 6.65. The Hall–Kier alpha value is -1.12. The van der Waals surface area contributed by atoms with Gasteiger partial charge >= 0.3 is 0 Å². The zero-order valence-corrected chi connectivity index (χ0v) is 14.1. The minimum absolute atomic E-state index is 1.37. The van der Waals surface area contributed by atoms with Gasteiger partial charge in [-0.3, -0.25) is 0 Å². The lowest BCUT2D eigenvalue weighted by molar-refractivity contribution is 0.243. The van der Waals surface area contributed by atoms with E-state index < -0.39 is 0 Å². The van der Waals surface area contributed by atoms with Gasteiger partial charge < -0.3 is 4.84 Å². The summed E-state index contributed by atoms with van der Waals surface area (Å²) < 4.78 is 0. The van der Waals surface area contributed by atoms with Crippen molar-refractivity contribution < 1.29 is 4.84 Å². The Morgan fingerprint density at radius 1 is 0.667 bits per heavy atom.